The van der Waals surface area contributed by atoms with E-state index in [2.05, 4.69) is 0 Å². The van der Waals surface area contributed by atoms with Crippen LogP contribution in [-0.4, -0.2) is 83.8 Å². The molecule has 2 aromatic rings. The zero-order valence-electron chi connectivity index (χ0n) is 19.8. The number of hydrogen-bond acceptors (Lipinski definition) is 7. The summed E-state index contributed by atoms with van der Waals surface area (Å²) in [6.07, 6.45) is 0.0654. The third-order valence-electron chi connectivity index (χ3n) is 7.12. The number of ether oxygens (including phenoxy) is 2. The molecule has 0 bridgehead atoms. The molecule has 0 spiro atoms. The molecule has 0 radical (unpaired) electrons. The van der Waals surface area contributed by atoms with Gasteiger partial charge in [-0.15, -0.1) is 0 Å². The topological polar surface area (TPSA) is 117 Å². The maximum atomic E-state index is 13.3. The van der Waals surface area contributed by atoms with Crippen molar-refractivity contribution in [3.8, 4) is 17.2 Å². The lowest BCUT2D eigenvalue weighted by Gasteiger charge is -2.48. The minimum atomic E-state index is -0.925. The van der Waals surface area contributed by atoms with Crippen LogP contribution in [0.2, 0.25) is 0 Å². The van der Waals surface area contributed by atoms with Crippen LogP contribution in [-0.2, 0) is 16.0 Å². The average molecular weight is 479 g/mol. The largest absolute Gasteiger partial charge is 0.507 e. The van der Waals surface area contributed by atoms with Gasteiger partial charge in [-0.2, -0.15) is 0 Å². The highest BCUT2D eigenvalue weighted by atomic mass is 16.5. The summed E-state index contributed by atoms with van der Waals surface area (Å²) in [5.74, 6) is -1.08. The van der Waals surface area contributed by atoms with Gasteiger partial charge in [-0.25, -0.2) is 0 Å². The van der Waals surface area contributed by atoms with Crippen LogP contribution in [0, 0.1) is 6.92 Å². The number of methoxy groups -OCH3 is 2. The highest BCUT2D eigenvalue weighted by Gasteiger charge is 2.50. The molecule has 182 valence electrons. The Labute approximate surface area is 201 Å². The Kier molecular flexibility index (Phi) is 5.19. The van der Waals surface area contributed by atoms with Gasteiger partial charge in [0.15, 0.2) is 11.5 Å². The predicted molar refractivity (Wildman–Crippen MR) is 122 cm³/mol. The molecule has 0 aromatic heterocycles. The Morgan fingerprint density at radius 2 is 1.60 bits per heavy atom. The van der Waals surface area contributed by atoms with Crippen molar-refractivity contribution in [2.75, 3.05) is 34.4 Å². The lowest BCUT2D eigenvalue weighted by molar-refractivity contribution is -0.158. The summed E-state index contributed by atoms with van der Waals surface area (Å²) < 4.78 is 11.2. The molecule has 10 nitrogen and oxygen atoms in total. The number of amides is 4. The van der Waals surface area contributed by atoms with Crippen LogP contribution in [0.5, 0.6) is 17.2 Å². The average Bonchev–Trinajstić information content (AvgIpc) is 3.09. The van der Waals surface area contributed by atoms with Crippen molar-refractivity contribution >= 4 is 23.6 Å². The molecule has 0 saturated carbocycles. The van der Waals surface area contributed by atoms with Gasteiger partial charge in [-0.05, 0) is 19.1 Å². The fourth-order valence-corrected chi connectivity index (χ4v) is 5.47. The Hall–Kier alpha value is -4.08. The van der Waals surface area contributed by atoms with E-state index in [1.165, 1.54) is 24.0 Å². The molecule has 0 aliphatic carbocycles. The molecule has 2 atom stereocenters. The first-order valence-electron chi connectivity index (χ1n) is 11.2. The van der Waals surface area contributed by atoms with Crippen LogP contribution in [0.1, 0.15) is 43.4 Å². The highest BCUT2D eigenvalue weighted by molar-refractivity contribution is 6.21. The molecule has 3 aliphatic heterocycles. The second-order valence-electron chi connectivity index (χ2n) is 8.93. The van der Waals surface area contributed by atoms with Crippen LogP contribution in [0.3, 0.4) is 0 Å². The van der Waals surface area contributed by atoms with E-state index in [0.717, 1.165) is 4.90 Å². The van der Waals surface area contributed by atoms with Crippen LogP contribution >= 0.6 is 0 Å². The maximum absolute atomic E-state index is 13.3. The van der Waals surface area contributed by atoms with Gasteiger partial charge in [-0.1, -0.05) is 12.1 Å². The number of carbonyl (C=O) groups is 4. The number of benzene rings is 2. The summed E-state index contributed by atoms with van der Waals surface area (Å²) in [5.41, 5.74) is 1.84. The molecular weight excluding hydrogens is 454 g/mol. The number of imide groups is 1. The Balaban J connectivity index is 1.70. The minimum absolute atomic E-state index is 0.0654. The summed E-state index contributed by atoms with van der Waals surface area (Å²) in [6.45, 7) is 1.32. The first-order valence-corrected chi connectivity index (χ1v) is 11.2. The van der Waals surface area contributed by atoms with Gasteiger partial charge in [0.2, 0.25) is 11.8 Å². The van der Waals surface area contributed by atoms with Gasteiger partial charge in [0.05, 0.1) is 44.5 Å². The number of piperazine rings is 1. The fourth-order valence-electron chi connectivity index (χ4n) is 5.47. The van der Waals surface area contributed by atoms with E-state index in [1.807, 2.05) is 0 Å². The Morgan fingerprint density at radius 3 is 2.17 bits per heavy atom. The van der Waals surface area contributed by atoms with Gasteiger partial charge < -0.3 is 24.4 Å². The molecule has 1 N–H and O–H groups in total. The van der Waals surface area contributed by atoms with E-state index in [4.69, 9.17) is 9.47 Å². The van der Waals surface area contributed by atoms with Crippen molar-refractivity contribution in [3.05, 3.63) is 52.1 Å². The molecule has 5 rings (SSSR count). The molecule has 0 unspecified atom stereocenters. The van der Waals surface area contributed by atoms with Crippen LogP contribution in [0.25, 0.3) is 0 Å². The molecule has 10 heteroatoms. The van der Waals surface area contributed by atoms with Crippen molar-refractivity contribution in [1.29, 1.82) is 0 Å². The van der Waals surface area contributed by atoms with E-state index in [9.17, 15) is 24.3 Å². The van der Waals surface area contributed by atoms with Gasteiger partial charge in [0.25, 0.3) is 11.8 Å². The van der Waals surface area contributed by atoms with Crippen LogP contribution in [0.4, 0.5) is 0 Å². The van der Waals surface area contributed by atoms with E-state index in [1.54, 1.807) is 38.2 Å². The zero-order valence-corrected chi connectivity index (χ0v) is 19.8. The molecule has 1 saturated heterocycles. The normalized spacial score (nSPS) is 21.2. The van der Waals surface area contributed by atoms with Crippen LogP contribution < -0.4 is 9.47 Å². The number of phenols is 1. The molecule has 1 fully saturated rings. The summed E-state index contributed by atoms with van der Waals surface area (Å²) >= 11 is 0. The number of fused-ring (bicyclic) bond motifs is 3. The second-order valence-corrected chi connectivity index (χ2v) is 8.93. The maximum Gasteiger partial charge on any atom is 0.261 e. The number of aromatic hydroxyl groups is 1. The van der Waals surface area contributed by atoms with E-state index in [-0.39, 0.29) is 59.7 Å². The second kappa shape index (κ2) is 8.00. The number of rotatable bonds is 4. The smallest absolute Gasteiger partial charge is 0.261 e. The van der Waals surface area contributed by atoms with E-state index >= 15 is 0 Å². The van der Waals surface area contributed by atoms with Gasteiger partial charge in [0, 0.05) is 30.2 Å². The summed E-state index contributed by atoms with van der Waals surface area (Å²) in [5, 5.41) is 11.1. The predicted octanol–water partition coefficient (Wildman–Crippen LogP) is 1.28. The standard InChI is InChI=1S/C25H25N3O7/c1-12-20(30)15-9-16-25(33)26(2)11-18(29)28(16)17(19(15)22(35-4)21(12)34-3)10-27-23(31)13-7-5-6-8-14(13)24(27)32/h5-8,16-17,30H,9-11H2,1-4H3/t16-,17-/m0/s1. The zero-order chi connectivity index (χ0) is 25.2. The summed E-state index contributed by atoms with van der Waals surface area (Å²) in [4.78, 5) is 56.6. The quantitative estimate of drug-likeness (QED) is 0.657. The minimum Gasteiger partial charge on any atom is -0.507 e. The molecule has 3 aliphatic rings. The number of hydrogen-bond donors (Lipinski definition) is 1. The Bertz CT molecular complexity index is 1270. The molecule has 2 aromatic carbocycles. The van der Waals surface area contributed by atoms with Gasteiger partial charge >= 0.3 is 0 Å². The number of carbonyl (C=O) groups excluding carboxylic acids is 4. The SMILES string of the molecule is COc1c(C)c(O)c2c(c1OC)[C@H](CN1C(=O)c3ccccc3C1=O)N1C(=O)CN(C)C(=O)[C@@H]1C2. The monoisotopic (exact) mass is 479 g/mol. The van der Waals surface area contributed by atoms with Gasteiger partial charge in [0.1, 0.15) is 11.8 Å². The summed E-state index contributed by atoms with van der Waals surface area (Å²) in [7, 11) is 4.43. The van der Waals surface area contributed by atoms with Crippen molar-refractivity contribution in [2.24, 2.45) is 0 Å². The molecule has 35 heavy (non-hydrogen) atoms. The van der Waals surface area contributed by atoms with Crippen LogP contribution in [0.15, 0.2) is 24.3 Å². The van der Waals surface area contributed by atoms with Crippen molar-refractivity contribution in [1.82, 2.24) is 14.7 Å². The lowest BCUT2D eigenvalue weighted by atomic mass is 9.83. The number of likely N-dealkylation sites (N-methyl/N-ethyl adjacent to an activating group) is 1. The highest BCUT2D eigenvalue weighted by Crippen LogP contribution is 2.51. The third kappa shape index (κ3) is 3.09. The van der Waals surface area contributed by atoms with Gasteiger partial charge in [-0.3, -0.25) is 24.1 Å². The first kappa shape index (κ1) is 22.7. The Morgan fingerprint density at radius 1 is 1.00 bits per heavy atom. The van der Waals surface area contributed by atoms with Crippen molar-refractivity contribution in [3.63, 3.8) is 0 Å². The number of phenolic OH excluding ortho intramolecular Hbond substituents is 1. The molecule has 4 amide bonds. The summed E-state index contributed by atoms with van der Waals surface area (Å²) in [6, 6.07) is 4.70. The third-order valence-corrected chi connectivity index (χ3v) is 7.12. The van der Waals surface area contributed by atoms with E-state index in [0.29, 0.717) is 16.7 Å². The lowest BCUT2D eigenvalue weighted by Crippen LogP contribution is -2.63. The van der Waals surface area contributed by atoms with Crippen molar-refractivity contribution in [2.45, 2.75) is 25.4 Å². The number of nitrogens with zero attached hydrogens (tertiary/aromatic N) is 3. The fraction of sp³-hybridized carbons (Fsp3) is 0.360. The van der Waals surface area contributed by atoms with Crippen molar-refractivity contribution < 1.29 is 33.8 Å². The van der Waals surface area contributed by atoms with E-state index < -0.39 is 23.9 Å². The molecular formula is C25H25N3O7. The molecule has 3 heterocycles. The first-order chi connectivity index (χ1) is 16.7.